The number of rotatable bonds is 6. The molecule has 0 saturated carbocycles. The molecule has 1 aliphatic heterocycles. The van der Waals surface area contributed by atoms with E-state index >= 15 is 0 Å². The maximum atomic E-state index is 11.9. The molecule has 116 valence electrons. The predicted octanol–water partition coefficient (Wildman–Crippen LogP) is 2.10. The largest absolute Gasteiger partial charge is 0.399 e. The fourth-order valence-corrected chi connectivity index (χ4v) is 2.58. The number of nitrogen functional groups attached to an aromatic ring is 1. The van der Waals surface area contributed by atoms with Gasteiger partial charge in [0.15, 0.2) is 0 Å². The summed E-state index contributed by atoms with van der Waals surface area (Å²) in [6.45, 7) is 5.65. The van der Waals surface area contributed by atoms with Crippen LogP contribution >= 0.6 is 0 Å². The first-order valence-corrected chi connectivity index (χ1v) is 7.66. The number of nitrogens with zero attached hydrogens (tertiary/aromatic N) is 1. The van der Waals surface area contributed by atoms with Crippen molar-refractivity contribution in [1.29, 1.82) is 0 Å². The summed E-state index contributed by atoms with van der Waals surface area (Å²) in [5.41, 5.74) is 7.11. The van der Waals surface area contributed by atoms with E-state index in [1.807, 2.05) is 19.1 Å². The van der Waals surface area contributed by atoms with Crippen LogP contribution in [0.3, 0.4) is 0 Å². The van der Waals surface area contributed by atoms with E-state index < -0.39 is 0 Å². The summed E-state index contributed by atoms with van der Waals surface area (Å²) in [6, 6.07) is 7.21. The van der Waals surface area contributed by atoms with Crippen molar-refractivity contribution in [2.45, 2.75) is 32.3 Å². The van der Waals surface area contributed by atoms with Crippen LogP contribution in [0.1, 0.15) is 26.2 Å². The third-order valence-corrected chi connectivity index (χ3v) is 3.79. The number of carbonyl (C=O) groups is 1. The van der Waals surface area contributed by atoms with E-state index in [1.54, 1.807) is 12.1 Å². The molecule has 0 atom stereocenters. The molecule has 1 heterocycles. The van der Waals surface area contributed by atoms with Gasteiger partial charge in [0.05, 0.1) is 6.10 Å². The molecule has 0 bridgehead atoms. The van der Waals surface area contributed by atoms with E-state index in [2.05, 4.69) is 10.2 Å². The quantitative estimate of drug-likeness (QED) is 0.788. The van der Waals surface area contributed by atoms with Crippen molar-refractivity contribution in [3.05, 3.63) is 24.3 Å². The summed E-state index contributed by atoms with van der Waals surface area (Å²) in [4.78, 5) is 14.2. The van der Waals surface area contributed by atoms with Gasteiger partial charge in [0.25, 0.3) is 0 Å². The van der Waals surface area contributed by atoms with E-state index in [0.717, 1.165) is 44.8 Å². The van der Waals surface area contributed by atoms with Crippen LogP contribution in [0.2, 0.25) is 0 Å². The van der Waals surface area contributed by atoms with Crippen LogP contribution in [0.5, 0.6) is 0 Å². The summed E-state index contributed by atoms with van der Waals surface area (Å²) in [5, 5.41) is 2.89. The van der Waals surface area contributed by atoms with Gasteiger partial charge >= 0.3 is 0 Å². The first-order valence-electron chi connectivity index (χ1n) is 7.66. The van der Waals surface area contributed by atoms with Gasteiger partial charge in [-0.05, 0) is 44.0 Å². The Bertz CT molecular complexity index is 439. The molecule has 1 aliphatic rings. The van der Waals surface area contributed by atoms with E-state index in [-0.39, 0.29) is 5.91 Å². The smallest absolute Gasteiger partial charge is 0.225 e. The van der Waals surface area contributed by atoms with Gasteiger partial charge in [-0.25, -0.2) is 0 Å². The zero-order valence-corrected chi connectivity index (χ0v) is 12.7. The molecule has 1 fully saturated rings. The Kier molecular flexibility index (Phi) is 6.02. The average Bonchev–Trinajstić information content (AvgIpc) is 2.49. The number of anilines is 2. The molecule has 5 heteroatoms. The molecule has 1 saturated heterocycles. The van der Waals surface area contributed by atoms with Crippen LogP contribution in [-0.2, 0) is 9.53 Å². The van der Waals surface area contributed by atoms with Gasteiger partial charge in [0.2, 0.25) is 5.91 Å². The van der Waals surface area contributed by atoms with Crippen molar-refractivity contribution in [2.75, 3.05) is 37.3 Å². The fourth-order valence-electron chi connectivity index (χ4n) is 2.58. The maximum absolute atomic E-state index is 11.9. The van der Waals surface area contributed by atoms with Crippen LogP contribution < -0.4 is 11.1 Å². The van der Waals surface area contributed by atoms with Crippen molar-refractivity contribution in [3.63, 3.8) is 0 Å². The fraction of sp³-hybridized carbons (Fsp3) is 0.562. The second-order valence-corrected chi connectivity index (χ2v) is 5.42. The molecule has 0 radical (unpaired) electrons. The van der Waals surface area contributed by atoms with Crippen molar-refractivity contribution in [1.82, 2.24) is 4.90 Å². The normalized spacial score (nSPS) is 16.8. The molecule has 5 nitrogen and oxygen atoms in total. The molecule has 1 aromatic carbocycles. The summed E-state index contributed by atoms with van der Waals surface area (Å²) in [7, 11) is 0. The predicted molar refractivity (Wildman–Crippen MR) is 85.2 cm³/mol. The SMILES string of the molecule is CCOC1CCN(CCC(=O)Nc2ccc(N)cc2)CC1. The minimum Gasteiger partial charge on any atom is -0.399 e. The van der Waals surface area contributed by atoms with Crippen LogP contribution in [0.25, 0.3) is 0 Å². The Labute approximate surface area is 126 Å². The number of nitrogens with two attached hydrogens (primary N) is 1. The van der Waals surface area contributed by atoms with Gasteiger partial charge in [-0.3, -0.25) is 4.79 Å². The Balaban J connectivity index is 1.66. The van der Waals surface area contributed by atoms with Gasteiger partial charge in [-0.2, -0.15) is 0 Å². The first kappa shape index (κ1) is 15.8. The average molecular weight is 291 g/mol. The number of likely N-dealkylation sites (tertiary alicyclic amines) is 1. The second kappa shape index (κ2) is 8.00. The van der Waals surface area contributed by atoms with Crippen molar-refractivity contribution in [2.24, 2.45) is 0 Å². The Morgan fingerprint density at radius 1 is 1.33 bits per heavy atom. The molecular formula is C16H25N3O2. The molecule has 3 N–H and O–H groups in total. The number of carbonyl (C=O) groups excluding carboxylic acids is 1. The minimum atomic E-state index is 0.0479. The topological polar surface area (TPSA) is 67.6 Å². The number of ether oxygens (including phenoxy) is 1. The summed E-state index contributed by atoms with van der Waals surface area (Å²) in [6.07, 6.45) is 3.04. The lowest BCUT2D eigenvalue weighted by molar-refractivity contribution is -0.116. The highest BCUT2D eigenvalue weighted by atomic mass is 16.5. The lowest BCUT2D eigenvalue weighted by Crippen LogP contribution is -2.38. The molecule has 0 aromatic heterocycles. The maximum Gasteiger partial charge on any atom is 0.225 e. The van der Waals surface area contributed by atoms with Crippen LogP contribution in [0.15, 0.2) is 24.3 Å². The van der Waals surface area contributed by atoms with Crippen LogP contribution in [0, 0.1) is 0 Å². The van der Waals surface area contributed by atoms with E-state index in [1.165, 1.54) is 0 Å². The van der Waals surface area contributed by atoms with E-state index in [0.29, 0.717) is 18.2 Å². The van der Waals surface area contributed by atoms with Crippen molar-refractivity contribution < 1.29 is 9.53 Å². The number of hydrogen-bond donors (Lipinski definition) is 2. The lowest BCUT2D eigenvalue weighted by Gasteiger charge is -2.31. The molecule has 21 heavy (non-hydrogen) atoms. The zero-order valence-electron chi connectivity index (χ0n) is 12.7. The van der Waals surface area contributed by atoms with Crippen LogP contribution in [0.4, 0.5) is 11.4 Å². The molecule has 2 rings (SSSR count). The minimum absolute atomic E-state index is 0.0479. The highest BCUT2D eigenvalue weighted by molar-refractivity contribution is 5.90. The highest BCUT2D eigenvalue weighted by Gasteiger charge is 2.19. The third-order valence-electron chi connectivity index (χ3n) is 3.79. The van der Waals surface area contributed by atoms with E-state index in [9.17, 15) is 4.79 Å². The lowest BCUT2D eigenvalue weighted by atomic mass is 10.1. The van der Waals surface area contributed by atoms with Gasteiger partial charge in [-0.1, -0.05) is 0 Å². The number of amides is 1. The molecular weight excluding hydrogens is 266 g/mol. The Morgan fingerprint density at radius 3 is 2.62 bits per heavy atom. The Hall–Kier alpha value is -1.59. The summed E-state index contributed by atoms with van der Waals surface area (Å²) >= 11 is 0. The summed E-state index contributed by atoms with van der Waals surface area (Å²) < 4.78 is 5.63. The zero-order chi connectivity index (χ0) is 15.1. The second-order valence-electron chi connectivity index (χ2n) is 5.42. The summed E-state index contributed by atoms with van der Waals surface area (Å²) in [5.74, 6) is 0.0479. The number of piperidine rings is 1. The highest BCUT2D eigenvalue weighted by Crippen LogP contribution is 2.14. The van der Waals surface area contributed by atoms with Gasteiger partial charge in [-0.15, -0.1) is 0 Å². The van der Waals surface area contributed by atoms with E-state index in [4.69, 9.17) is 10.5 Å². The van der Waals surface area contributed by atoms with Crippen molar-refractivity contribution in [3.8, 4) is 0 Å². The third kappa shape index (κ3) is 5.36. The Morgan fingerprint density at radius 2 is 2.00 bits per heavy atom. The van der Waals surface area contributed by atoms with Gasteiger partial charge in [0.1, 0.15) is 0 Å². The monoisotopic (exact) mass is 291 g/mol. The standard InChI is InChI=1S/C16H25N3O2/c1-2-21-15-7-10-19(11-8-15)12-9-16(20)18-14-5-3-13(17)4-6-14/h3-6,15H,2,7-12,17H2,1H3,(H,18,20). The van der Waals surface area contributed by atoms with Gasteiger partial charge in [0, 0.05) is 44.0 Å². The van der Waals surface area contributed by atoms with Gasteiger partial charge < -0.3 is 20.7 Å². The van der Waals surface area contributed by atoms with Crippen LogP contribution in [-0.4, -0.2) is 43.2 Å². The first-order chi connectivity index (χ1) is 10.2. The molecule has 1 amide bonds. The molecule has 0 aliphatic carbocycles. The number of nitrogens with one attached hydrogen (secondary N) is 1. The van der Waals surface area contributed by atoms with Crippen molar-refractivity contribution >= 4 is 17.3 Å². The molecule has 1 aromatic rings. The number of hydrogen-bond acceptors (Lipinski definition) is 4. The molecule has 0 spiro atoms. The molecule has 0 unspecified atom stereocenters. The number of benzene rings is 1.